The standard InChI is InChI=1S/C9H13NO.C2H6/c1-7(2)9-8(11-3)5-4-6-10-9;1-2/h4-7H,1-3H3;1-2H3. The first-order chi connectivity index (χ1) is 6.25. The van der Waals surface area contributed by atoms with E-state index in [0.717, 1.165) is 11.4 Å². The van der Waals surface area contributed by atoms with Crippen molar-refractivity contribution in [3.05, 3.63) is 24.0 Å². The third-order valence-corrected chi connectivity index (χ3v) is 1.57. The lowest BCUT2D eigenvalue weighted by Gasteiger charge is -2.08. The van der Waals surface area contributed by atoms with E-state index in [1.807, 2.05) is 26.0 Å². The highest BCUT2D eigenvalue weighted by Gasteiger charge is 2.06. The van der Waals surface area contributed by atoms with E-state index in [1.54, 1.807) is 13.3 Å². The monoisotopic (exact) mass is 181 g/mol. The number of aromatic nitrogens is 1. The Labute approximate surface area is 81.0 Å². The zero-order chi connectivity index (χ0) is 10.3. The second-order valence-corrected chi connectivity index (χ2v) is 2.75. The van der Waals surface area contributed by atoms with Gasteiger partial charge >= 0.3 is 0 Å². The number of nitrogens with zero attached hydrogens (tertiary/aromatic N) is 1. The molecule has 0 bridgehead atoms. The van der Waals surface area contributed by atoms with E-state index in [1.165, 1.54) is 0 Å². The Balaban J connectivity index is 0.000000671. The van der Waals surface area contributed by atoms with Crippen LogP contribution in [-0.2, 0) is 0 Å². The summed E-state index contributed by atoms with van der Waals surface area (Å²) in [7, 11) is 1.67. The fourth-order valence-corrected chi connectivity index (χ4v) is 1.01. The van der Waals surface area contributed by atoms with Gasteiger partial charge in [-0.15, -0.1) is 0 Å². The van der Waals surface area contributed by atoms with Crippen molar-refractivity contribution in [3.63, 3.8) is 0 Å². The van der Waals surface area contributed by atoms with E-state index in [9.17, 15) is 0 Å². The van der Waals surface area contributed by atoms with Crippen molar-refractivity contribution in [1.82, 2.24) is 4.98 Å². The largest absolute Gasteiger partial charge is 0.495 e. The molecule has 1 rings (SSSR count). The molecule has 13 heavy (non-hydrogen) atoms. The van der Waals surface area contributed by atoms with Crippen molar-refractivity contribution < 1.29 is 4.74 Å². The van der Waals surface area contributed by atoms with E-state index in [2.05, 4.69) is 18.8 Å². The van der Waals surface area contributed by atoms with Gasteiger partial charge in [0.2, 0.25) is 0 Å². The van der Waals surface area contributed by atoms with Gasteiger partial charge in [0, 0.05) is 6.20 Å². The number of hydrogen-bond donors (Lipinski definition) is 0. The predicted molar refractivity (Wildman–Crippen MR) is 56.2 cm³/mol. The molecule has 0 saturated carbocycles. The lowest BCUT2D eigenvalue weighted by molar-refractivity contribution is 0.404. The average molecular weight is 181 g/mol. The summed E-state index contributed by atoms with van der Waals surface area (Å²) in [6, 6.07) is 3.81. The Hall–Kier alpha value is -1.05. The van der Waals surface area contributed by atoms with Crippen LogP contribution in [0.25, 0.3) is 0 Å². The molecule has 0 aliphatic heterocycles. The molecule has 0 atom stereocenters. The average Bonchev–Trinajstić information content (AvgIpc) is 2.20. The van der Waals surface area contributed by atoms with Gasteiger partial charge in [-0.1, -0.05) is 27.7 Å². The SMILES string of the molecule is CC.COc1cccnc1C(C)C. The number of methoxy groups -OCH3 is 1. The minimum Gasteiger partial charge on any atom is -0.495 e. The molecule has 2 heteroatoms. The first kappa shape index (κ1) is 11.9. The van der Waals surface area contributed by atoms with Gasteiger partial charge in [-0.3, -0.25) is 4.98 Å². The molecule has 0 N–H and O–H groups in total. The molecule has 74 valence electrons. The first-order valence-corrected chi connectivity index (χ1v) is 4.74. The van der Waals surface area contributed by atoms with Crippen LogP contribution in [0, 0.1) is 0 Å². The minimum absolute atomic E-state index is 0.422. The van der Waals surface area contributed by atoms with Crippen LogP contribution in [0.3, 0.4) is 0 Å². The maximum atomic E-state index is 5.14. The maximum Gasteiger partial charge on any atom is 0.140 e. The van der Waals surface area contributed by atoms with Crippen LogP contribution in [-0.4, -0.2) is 12.1 Å². The Morgan fingerprint density at radius 1 is 1.31 bits per heavy atom. The fourth-order valence-electron chi connectivity index (χ4n) is 1.01. The van der Waals surface area contributed by atoms with Crippen molar-refractivity contribution >= 4 is 0 Å². The lowest BCUT2D eigenvalue weighted by Crippen LogP contribution is -1.96. The highest BCUT2D eigenvalue weighted by Crippen LogP contribution is 2.22. The summed E-state index contributed by atoms with van der Waals surface area (Å²) in [5, 5.41) is 0. The fraction of sp³-hybridized carbons (Fsp3) is 0.545. The van der Waals surface area contributed by atoms with Crippen LogP contribution in [0.4, 0.5) is 0 Å². The quantitative estimate of drug-likeness (QED) is 0.698. The van der Waals surface area contributed by atoms with Crippen molar-refractivity contribution in [3.8, 4) is 5.75 Å². The van der Waals surface area contributed by atoms with Gasteiger partial charge in [0.05, 0.1) is 12.8 Å². The zero-order valence-electron chi connectivity index (χ0n) is 9.16. The van der Waals surface area contributed by atoms with Gasteiger partial charge in [0.15, 0.2) is 0 Å². The molecule has 0 unspecified atom stereocenters. The van der Waals surface area contributed by atoms with E-state index < -0.39 is 0 Å². The molecule has 0 aliphatic rings. The van der Waals surface area contributed by atoms with Gasteiger partial charge in [0.25, 0.3) is 0 Å². The van der Waals surface area contributed by atoms with Gasteiger partial charge in [0.1, 0.15) is 5.75 Å². The highest BCUT2D eigenvalue weighted by molar-refractivity contribution is 5.28. The van der Waals surface area contributed by atoms with Crippen LogP contribution in [0.15, 0.2) is 18.3 Å². The Morgan fingerprint density at radius 3 is 2.31 bits per heavy atom. The van der Waals surface area contributed by atoms with Gasteiger partial charge in [-0.05, 0) is 18.1 Å². The molecule has 0 spiro atoms. The maximum absolute atomic E-state index is 5.14. The third-order valence-electron chi connectivity index (χ3n) is 1.57. The smallest absolute Gasteiger partial charge is 0.140 e. The number of pyridine rings is 1. The summed E-state index contributed by atoms with van der Waals surface area (Å²) in [6.07, 6.45) is 1.79. The minimum atomic E-state index is 0.422. The van der Waals surface area contributed by atoms with Crippen LogP contribution >= 0.6 is 0 Å². The number of rotatable bonds is 2. The van der Waals surface area contributed by atoms with Crippen LogP contribution in [0.5, 0.6) is 5.75 Å². The van der Waals surface area contributed by atoms with E-state index in [4.69, 9.17) is 4.74 Å². The van der Waals surface area contributed by atoms with Crippen LogP contribution in [0.2, 0.25) is 0 Å². The third kappa shape index (κ3) is 3.45. The van der Waals surface area contributed by atoms with Gasteiger partial charge in [-0.25, -0.2) is 0 Å². The van der Waals surface area contributed by atoms with E-state index >= 15 is 0 Å². The molecular weight excluding hydrogens is 162 g/mol. The first-order valence-electron chi connectivity index (χ1n) is 4.74. The van der Waals surface area contributed by atoms with Crippen molar-refractivity contribution in [2.75, 3.05) is 7.11 Å². The molecule has 2 nitrogen and oxygen atoms in total. The van der Waals surface area contributed by atoms with Crippen molar-refractivity contribution in [2.45, 2.75) is 33.6 Å². The van der Waals surface area contributed by atoms with E-state index in [0.29, 0.717) is 5.92 Å². The number of hydrogen-bond acceptors (Lipinski definition) is 2. The summed E-state index contributed by atoms with van der Waals surface area (Å²) in [6.45, 7) is 8.20. The van der Waals surface area contributed by atoms with Gasteiger partial charge in [-0.2, -0.15) is 0 Å². The summed E-state index contributed by atoms with van der Waals surface area (Å²) >= 11 is 0. The molecule has 0 amide bonds. The number of ether oxygens (including phenoxy) is 1. The summed E-state index contributed by atoms with van der Waals surface area (Å²) in [5.41, 5.74) is 1.02. The summed E-state index contributed by atoms with van der Waals surface area (Å²) < 4.78 is 5.14. The molecule has 1 heterocycles. The Kier molecular flexibility index (Phi) is 5.94. The van der Waals surface area contributed by atoms with Crippen LogP contribution < -0.4 is 4.74 Å². The topological polar surface area (TPSA) is 22.1 Å². The predicted octanol–water partition coefficient (Wildman–Crippen LogP) is 3.24. The van der Waals surface area contributed by atoms with Crippen molar-refractivity contribution in [2.24, 2.45) is 0 Å². The second kappa shape index (κ2) is 6.46. The molecule has 1 aromatic rings. The molecule has 0 saturated heterocycles. The molecular formula is C11H19NO. The van der Waals surface area contributed by atoms with Crippen molar-refractivity contribution in [1.29, 1.82) is 0 Å². The molecule has 0 fully saturated rings. The molecule has 0 aromatic carbocycles. The normalized spacial score (nSPS) is 9.08. The van der Waals surface area contributed by atoms with Crippen LogP contribution in [0.1, 0.15) is 39.3 Å². The lowest BCUT2D eigenvalue weighted by atomic mass is 10.1. The molecule has 0 radical (unpaired) electrons. The van der Waals surface area contributed by atoms with E-state index in [-0.39, 0.29) is 0 Å². The Morgan fingerprint density at radius 2 is 1.92 bits per heavy atom. The molecule has 1 aromatic heterocycles. The highest BCUT2D eigenvalue weighted by atomic mass is 16.5. The Bertz CT molecular complexity index is 233. The molecule has 0 aliphatic carbocycles. The summed E-state index contributed by atoms with van der Waals surface area (Å²) in [5.74, 6) is 1.30. The second-order valence-electron chi connectivity index (χ2n) is 2.75. The zero-order valence-corrected chi connectivity index (χ0v) is 9.16. The summed E-state index contributed by atoms with van der Waals surface area (Å²) in [4.78, 5) is 4.22. The van der Waals surface area contributed by atoms with Gasteiger partial charge < -0.3 is 4.74 Å².